The van der Waals surface area contributed by atoms with Gasteiger partial charge in [-0.25, -0.2) is 0 Å². The summed E-state index contributed by atoms with van der Waals surface area (Å²) < 4.78 is 6.08. The molecule has 0 atom stereocenters. The third-order valence-electron chi connectivity index (χ3n) is 6.81. The Balaban J connectivity index is 2.78. The van der Waals surface area contributed by atoms with Crippen molar-refractivity contribution in [2.75, 3.05) is 24.6 Å². The first-order chi connectivity index (χ1) is 17.2. The van der Waals surface area contributed by atoms with Crippen molar-refractivity contribution in [2.24, 2.45) is 0 Å². The van der Waals surface area contributed by atoms with Crippen LogP contribution in [-0.2, 0) is 0 Å². The van der Waals surface area contributed by atoms with Crippen molar-refractivity contribution in [1.29, 1.82) is 5.39 Å². The molecule has 1 aromatic rings. The van der Waals surface area contributed by atoms with E-state index in [-0.39, 0.29) is 0 Å². The molecule has 0 aliphatic heterocycles. The molecule has 0 saturated carbocycles. The zero-order valence-corrected chi connectivity index (χ0v) is 23.9. The third-order valence-corrected chi connectivity index (χ3v) is 7.18. The lowest BCUT2D eigenvalue weighted by molar-refractivity contribution is 0.306. The average Bonchev–Trinajstić information content (AvgIpc) is 2.87. The second-order valence-electron chi connectivity index (χ2n) is 9.99. The first-order valence-electron chi connectivity index (χ1n) is 14.7. The first-order valence-corrected chi connectivity index (χ1v) is 15.1. The first kappa shape index (κ1) is 31.6. The number of diazo groups is 1. The minimum atomic E-state index is 0.420. The van der Waals surface area contributed by atoms with E-state index in [0.717, 1.165) is 31.6 Å². The maximum Gasteiger partial charge on any atom is 0.428 e. The maximum absolute atomic E-state index is 9.53. The van der Waals surface area contributed by atoms with Crippen molar-refractivity contribution < 1.29 is 4.74 Å². The van der Waals surface area contributed by atoms with E-state index < -0.39 is 0 Å². The molecule has 4 nitrogen and oxygen atoms in total. The molecule has 0 N–H and O–H groups in total. The van der Waals surface area contributed by atoms with Gasteiger partial charge in [0.25, 0.3) is 0 Å². The quantitative estimate of drug-likeness (QED) is 0.109. The number of anilines is 1. The van der Waals surface area contributed by atoms with Crippen molar-refractivity contribution >= 4 is 23.0 Å². The molecule has 0 aromatic heterocycles. The van der Waals surface area contributed by atoms with Crippen LogP contribution in [0, 0.1) is 5.39 Å². The monoisotopic (exact) mass is 506 g/mol. The van der Waals surface area contributed by atoms with Gasteiger partial charge >= 0.3 is 5.69 Å². The van der Waals surface area contributed by atoms with E-state index in [0.29, 0.717) is 23.1 Å². The zero-order chi connectivity index (χ0) is 25.6. The van der Waals surface area contributed by atoms with Crippen molar-refractivity contribution in [2.45, 2.75) is 136 Å². The highest BCUT2D eigenvalue weighted by atomic mass is 35.5. The number of hydrogen-bond acceptors (Lipinski definition) is 3. The molecule has 0 heterocycles. The fourth-order valence-corrected chi connectivity index (χ4v) is 4.90. The number of hydrogen-bond donors (Lipinski definition) is 0. The van der Waals surface area contributed by atoms with Crippen LogP contribution in [0.15, 0.2) is 12.1 Å². The van der Waals surface area contributed by atoms with Crippen LogP contribution in [0.5, 0.6) is 5.75 Å². The van der Waals surface area contributed by atoms with Gasteiger partial charge in [0.1, 0.15) is 5.02 Å². The molecule has 0 amide bonds. The highest BCUT2D eigenvalue weighted by Gasteiger charge is 2.24. The Morgan fingerprint density at radius 2 is 1.14 bits per heavy atom. The topological polar surface area (TPSA) is 40.6 Å². The molecular formula is C30H53ClN3O+. The highest BCUT2D eigenvalue weighted by molar-refractivity contribution is 6.35. The lowest BCUT2D eigenvalue weighted by Crippen LogP contribution is -2.26. The van der Waals surface area contributed by atoms with Gasteiger partial charge in [-0.1, -0.05) is 129 Å². The van der Waals surface area contributed by atoms with Crippen LogP contribution >= 0.6 is 11.6 Å². The van der Waals surface area contributed by atoms with Crippen LogP contribution < -0.4 is 9.64 Å². The largest absolute Gasteiger partial charge is 0.485 e. The summed E-state index contributed by atoms with van der Waals surface area (Å²) in [6.07, 6.45) is 22.6. The van der Waals surface area contributed by atoms with Crippen molar-refractivity contribution in [3.8, 4) is 5.75 Å². The molecule has 5 heteroatoms. The second kappa shape index (κ2) is 21.8. The molecule has 0 bridgehead atoms. The Hall–Kier alpha value is -1.47. The molecule has 0 unspecified atom stereocenters. The molecule has 1 aromatic carbocycles. The number of ether oxygens (including phenoxy) is 1. The standard InChI is InChI=1S/C30H53ClN3O/c1-4-7-10-13-16-19-24-34(25-20-17-14-11-8-5-2)28-23-22-27(33-32)30(29(28)31)35-26-21-18-15-12-9-6-3/h22-23H,4-21,24-26H2,1-3H3/q+1. The minimum absolute atomic E-state index is 0.420. The SMILES string of the molecule is CCCCCCCCOc1c([N+]#N)ccc(N(CCCCCCCC)CCCCCCCC)c1Cl. The smallest absolute Gasteiger partial charge is 0.428 e. The minimum Gasteiger partial charge on any atom is -0.485 e. The number of nitrogens with zero attached hydrogens (tertiary/aromatic N) is 3. The van der Waals surface area contributed by atoms with Crippen molar-refractivity contribution in [3.63, 3.8) is 0 Å². The van der Waals surface area contributed by atoms with E-state index in [1.54, 1.807) is 0 Å². The molecule has 0 aliphatic carbocycles. The van der Waals surface area contributed by atoms with Crippen LogP contribution in [0.2, 0.25) is 5.02 Å². The van der Waals surface area contributed by atoms with E-state index >= 15 is 0 Å². The predicted molar refractivity (Wildman–Crippen MR) is 154 cm³/mol. The molecule has 0 spiro atoms. The van der Waals surface area contributed by atoms with E-state index in [1.165, 1.54) is 103 Å². The molecule has 0 aliphatic rings. The van der Waals surface area contributed by atoms with Crippen LogP contribution in [0.3, 0.4) is 0 Å². The third kappa shape index (κ3) is 14.0. The van der Waals surface area contributed by atoms with Gasteiger partial charge in [-0.05, 0) is 25.3 Å². The van der Waals surface area contributed by atoms with Crippen molar-refractivity contribution in [1.82, 2.24) is 0 Å². The number of benzene rings is 1. The Kier molecular flexibility index (Phi) is 19.6. The molecule has 200 valence electrons. The summed E-state index contributed by atoms with van der Waals surface area (Å²) in [7, 11) is 0. The fraction of sp³-hybridized carbons (Fsp3) is 0.800. The van der Waals surface area contributed by atoms with Gasteiger partial charge in [0, 0.05) is 19.2 Å². The van der Waals surface area contributed by atoms with Gasteiger partial charge in [0.05, 0.1) is 12.3 Å². The summed E-state index contributed by atoms with van der Waals surface area (Å²) in [6, 6.07) is 3.84. The van der Waals surface area contributed by atoms with E-state index in [1.807, 2.05) is 12.1 Å². The number of rotatable bonds is 23. The van der Waals surface area contributed by atoms with Gasteiger partial charge in [0.15, 0.2) is 4.98 Å². The average molecular weight is 507 g/mol. The van der Waals surface area contributed by atoms with Gasteiger partial charge in [0.2, 0.25) is 11.1 Å². The summed E-state index contributed by atoms with van der Waals surface area (Å²) >= 11 is 6.89. The fourth-order valence-electron chi connectivity index (χ4n) is 4.57. The summed E-state index contributed by atoms with van der Waals surface area (Å²) in [5.41, 5.74) is 1.43. The molecule has 1 rings (SSSR count). The Morgan fingerprint density at radius 3 is 1.63 bits per heavy atom. The second-order valence-corrected chi connectivity index (χ2v) is 10.4. The normalized spacial score (nSPS) is 10.9. The Bertz CT molecular complexity index is 673. The van der Waals surface area contributed by atoms with Crippen LogP contribution in [0.4, 0.5) is 11.4 Å². The maximum atomic E-state index is 9.53. The van der Waals surface area contributed by atoms with Gasteiger partial charge in [-0.3, -0.25) is 0 Å². The van der Waals surface area contributed by atoms with Crippen LogP contribution in [0.1, 0.15) is 136 Å². The van der Waals surface area contributed by atoms with Crippen LogP contribution in [0.25, 0.3) is 4.98 Å². The Morgan fingerprint density at radius 1 is 0.686 bits per heavy atom. The Labute approximate surface area is 221 Å². The predicted octanol–water partition coefficient (Wildman–Crippen LogP) is 11.1. The number of halogens is 1. The zero-order valence-electron chi connectivity index (χ0n) is 23.1. The van der Waals surface area contributed by atoms with E-state index in [4.69, 9.17) is 16.3 Å². The van der Waals surface area contributed by atoms with Gasteiger partial charge < -0.3 is 9.64 Å². The van der Waals surface area contributed by atoms with Gasteiger partial charge in [-0.2, -0.15) is 0 Å². The molecule has 0 radical (unpaired) electrons. The van der Waals surface area contributed by atoms with Gasteiger partial charge in [-0.15, -0.1) is 0 Å². The molecule has 0 saturated heterocycles. The lowest BCUT2D eigenvalue weighted by atomic mass is 10.1. The lowest BCUT2D eigenvalue weighted by Gasteiger charge is -2.26. The molecular weight excluding hydrogens is 454 g/mol. The summed E-state index contributed by atoms with van der Waals surface area (Å²) in [6.45, 7) is 9.38. The van der Waals surface area contributed by atoms with Crippen LogP contribution in [-0.4, -0.2) is 19.7 Å². The van der Waals surface area contributed by atoms with E-state index in [2.05, 4.69) is 30.6 Å². The number of unbranched alkanes of at least 4 members (excludes halogenated alkanes) is 15. The molecule has 35 heavy (non-hydrogen) atoms. The highest BCUT2D eigenvalue weighted by Crippen LogP contribution is 2.42. The van der Waals surface area contributed by atoms with E-state index in [9.17, 15) is 5.39 Å². The summed E-state index contributed by atoms with van der Waals surface area (Å²) in [4.78, 5) is 5.88. The van der Waals surface area contributed by atoms with Crippen molar-refractivity contribution in [3.05, 3.63) is 22.1 Å². The summed E-state index contributed by atoms with van der Waals surface area (Å²) in [5, 5.41) is 10.1. The molecule has 0 fully saturated rings. The summed E-state index contributed by atoms with van der Waals surface area (Å²) in [5.74, 6) is 0.524.